The molecule has 2 aliphatic carbocycles. The van der Waals surface area contributed by atoms with Crippen LogP contribution in [0.25, 0.3) is 0 Å². The van der Waals surface area contributed by atoms with Crippen LogP contribution < -0.4 is 0 Å². The third-order valence-electron chi connectivity index (χ3n) is 5.47. The SMILES string of the molecule is CC1(C)CCCC2(C)C(COC=O)C(=O)CCC12. The molecule has 0 aromatic carbocycles. The quantitative estimate of drug-likeness (QED) is 0.725. The maximum absolute atomic E-state index is 12.2. The van der Waals surface area contributed by atoms with Crippen LogP contribution in [0.15, 0.2) is 0 Å². The van der Waals surface area contributed by atoms with E-state index in [4.69, 9.17) is 4.74 Å². The minimum atomic E-state index is -0.0963. The van der Waals surface area contributed by atoms with E-state index in [0.29, 0.717) is 24.2 Å². The van der Waals surface area contributed by atoms with E-state index < -0.39 is 0 Å². The molecule has 0 heterocycles. The lowest BCUT2D eigenvalue weighted by Gasteiger charge is -2.56. The monoisotopic (exact) mass is 252 g/mol. The Labute approximate surface area is 109 Å². The molecule has 2 saturated carbocycles. The molecule has 3 atom stereocenters. The molecule has 0 amide bonds. The van der Waals surface area contributed by atoms with Gasteiger partial charge in [-0.2, -0.15) is 0 Å². The highest BCUT2D eigenvalue weighted by molar-refractivity contribution is 5.83. The van der Waals surface area contributed by atoms with Gasteiger partial charge in [0.1, 0.15) is 12.4 Å². The van der Waals surface area contributed by atoms with Crippen molar-refractivity contribution in [1.82, 2.24) is 0 Å². The summed E-state index contributed by atoms with van der Waals surface area (Å²) in [4.78, 5) is 22.6. The number of carbonyl (C=O) groups is 2. The predicted molar refractivity (Wildman–Crippen MR) is 69.0 cm³/mol. The molecule has 0 radical (unpaired) electrons. The molecule has 102 valence electrons. The van der Waals surface area contributed by atoms with Gasteiger partial charge >= 0.3 is 0 Å². The molecule has 2 fully saturated rings. The molecule has 18 heavy (non-hydrogen) atoms. The maximum atomic E-state index is 12.2. The Bertz CT molecular complexity index is 348. The third-order valence-corrected chi connectivity index (χ3v) is 5.47. The van der Waals surface area contributed by atoms with E-state index in [1.165, 1.54) is 12.8 Å². The molecule has 3 heteroatoms. The van der Waals surface area contributed by atoms with E-state index in [9.17, 15) is 9.59 Å². The normalized spacial score (nSPS) is 38.9. The van der Waals surface area contributed by atoms with Crippen molar-refractivity contribution in [3.63, 3.8) is 0 Å². The van der Waals surface area contributed by atoms with Crippen LogP contribution in [0.1, 0.15) is 52.9 Å². The summed E-state index contributed by atoms with van der Waals surface area (Å²) in [6.45, 7) is 7.61. The first-order valence-electron chi connectivity index (χ1n) is 7.00. The molecule has 0 aliphatic heterocycles. The average molecular weight is 252 g/mol. The van der Waals surface area contributed by atoms with Crippen molar-refractivity contribution in [1.29, 1.82) is 0 Å². The zero-order valence-electron chi connectivity index (χ0n) is 11.7. The van der Waals surface area contributed by atoms with Gasteiger partial charge in [0.2, 0.25) is 0 Å². The van der Waals surface area contributed by atoms with E-state index in [-0.39, 0.29) is 23.7 Å². The van der Waals surface area contributed by atoms with Gasteiger partial charge in [-0.25, -0.2) is 0 Å². The molecule has 0 aromatic rings. The van der Waals surface area contributed by atoms with Crippen LogP contribution in [0.5, 0.6) is 0 Å². The zero-order valence-corrected chi connectivity index (χ0v) is 11.7. The van der Waals surface area contributed by atoms with E-state index in [1.54, 1.807) is 0 Å². The minimum absolute atomic E-state index is 0.0140. The first-order chi connectivity index (χ1) is 8.42. The van der Waals surface area contributed by atoms with Gasteiger partial charge in [0.05, 0.1) is 5.92 Å². The van der Waals surface area contributed by atoms with Crippen LogP contribution in [0, 0.1) is 22.7 Å². The molecule has 0 saturated heterocycles. The van der Waals surface area contributed by atoms with Crippen molar-refractivity contribution < 1.29 is 14.3 Å². The van der Waals surface area contributed by atoms with Gasteiger partial charge in [0.25, 0.3) is 6.47 Å². The van der Waals surface area contributed by atoms with Crippen molar-refractivity contribution in [2.24, 2.45) is 22.7 Å². The van der Waals surface area contributed by atoms with Gasteiger partial charge in [-0.1, -0.05) is 27.2 Å². The fourth-order valence-electron chi connectivity index (χ4n) is 4.55. The molecular formula is C15H24O3. The number of carbonyl (C=O) groups excluding carboxylic acids is 2. The van der Waals surface area contributed by atoms with Gasteiger partial charge in [-0.05, 0) is 36.0 Å². The number of rotatable bonds is 3. The van der Waals surface area contributed by atoms with Gasteiger partial charge < -0.3 is 4.74 Å². The third kappa shape index (κ3) is 2.08. The highest BCUT2D eigenvalue weighted by Gasteiger charge is 2.54. The first-order valence-corrected chi connectivity index (χ1v) is 7.00. The Morgan fingerprint density at radius 1 is 1.33 bits per heavy atom. The highest BCUT2D eigenvalue weighted by atomic mass is 16.5. The van der Waals surface area contributed by atoms with Crippen molar-refractivity contribution in [3.05, 3.63) is 0 Å². The zero-order chi connectivity index (χ0) is 13.4. The smallest absolute Gasteiger partial charge is 0.293 e. The fraction of sp³-hybridized carbons (Fsp3) is 0.867. The standard InChI is InChI=1S/C15H24O3/c1-14(2)7-4-8-15(3)11(9-18-10-16)12(17)5-6-13(14)15/h10-11,13H,4-9H2,1-3H3. The second-order valence-corrected chi connectivity index (χ2v) is 6.89. The number of ketones is 1. The molecule has 2 aliphatic rings. The van der Waals surface area contributed by atoms with E-state index in [0.717, 1.165) is 12.8 Å². The topological polar surface area (TPSA) is 43.4 Å². The Hall–Kier alpha value is -0.860. The predicted octanol–water partition coefficient (Wildman–Crippen LogP) is 2.97. The molecule has 0 aromatic heterocycles. The van der Waals surface area contributed by atoms with Gasteiger partial charge in [0.15, 0.2) is 0 Å². The molecule has 0 N–H and O–H groups in total. The number of hydrogen-bond donors (Lipinski definition) is 0. The number of Topliss-reactive ketones (excluding diaryl/α,β-unsaturated/α-hetero) is 1. The lowest BCUT2D eigenvalue weighted by molar-refractivity contribution is -0.151. The van der Waals surface area contributed by atoms with Crippen molar-refractivity contribution in [3.8, 4) is 0 Å². The minimum Gasteiger partial charge on any atom is -0.467 e. The Kier molecular flexibility index (Phi) is 3.52. The molecule has 2 rings (SSSR count). The highest BCUT2D eigenvalue weighted by Crippen LogP contribution is 2.58. The fourth-order valence-corrected chi connectivity index (χ4v) is 4.55. The van der Waals surface area contributed by atoms with Crippen LogP contribution >= 0.6 is 0 Å². The lowest BCUT2D eigenvalue weighted by atomic mass is 9.48. The summed E-state index contributed by atoms with van der Waals surface area (Å²) in [5.74, 6) is 0.756. The molecular weight excluding hydrogens is 228 g/mol. The number of ether oxygens (including phenoxy) is 1. The summed E-state index contributed by atoms with van der Waals surface area (Å²) < 4.78 is 4.92. The second kappa shape index (κ2) is 4.67. The summed E-state index contributed by atoms with van der Waals surface area (Å²) in [6, 6.07) is 0. The largest absolute Gasteiger partial charge is 0.467 e. The summed E-state index contributed by atoms with van der Waals surface area (Å²) in [6.07, 6.45) is 5.14. The van der Waals surface area contributed by atoms with E-state index in [1.807, 2.05) is 0 Å². The Balaban J connectivity index is 2.27. The van der Waals surface area contributed by atoms with E-state index >= 15 is 0 Å². The molecule has 0 spiro atoms. The van der Waals surface area contributed by atoms with Crippen LogP contribution in [0.3, 0.4) is 0 Å². The average Bonchev–Trinajstić information content (AvgIpc) is 2.27. The molecule has 0 bridgehead atoms. The molecule has 3 nitrogen and oxygen atoms in total. The van der Waals surface area contributed by atoms with Crippen LogP contribution in [-0.2, 0) is 14.3 Å². The lowest BCUT2D eigenvalue weighted by Crippen LogP contribution is -2.53. The molecule has 3 unspecified atom stereocenters. The number of hydrogen-bond acceptors (Lipinski definition) is 3. The van der Waals surface area contributed by atoms with Crippen molar-refractivity contribution in [2.75, 3.05) is 6.61 Å². The van der Waals surface area contributed by atoms with Gasteiger partial charge in [-0.3, -0.25) is 9.59 Å². The van der Waals surface area contributed by atoms with Crippen molar-refractivity contribution >= 4 is 12.3 Å². The van der Waals surface area contributed by atoms with Crippen LogP contribution in [0.4, 0.5) is 0 Å². The van der Waals surface area contributed by atoms with E-state index in [2.05, 4.69) is 20.8 Å². The summed E-state index contributed by atoms with van der Waals surface area (Å²) >= 11 is 0. The van der Waals surface area contributed by atoms with Gasteiger partial charge in [-0.15, -0.1) is 0 Å². The maximum Gasteiger partial charge on any atom is 0.293 e. The Morgan fingerprint density at radius 2 is 2.06 bits per heavy atom. The summed E-state index contributed by atoms with van der Waals surface area (Å²) in [5.41, 5.74) is 0.313. The number of fused-ring (bicyclic) bond motifs is 1. The Morgan fingerprint density at radius 3 is 2.72 bits per heavy atom. The van der Waals surface area contributed by atoms with Crippen LogP contribution in [0.2, 0.25) is 0 Å². The second-order valence-electron chi connectivity index (χ2n) is 6.89. The summed E-state index contributed by atoms with van der Waals surface area (Å²) in [7, 11) is 0. The van der Waals surface area contributed by atoms with Crippen LogP contribution in [-0.4, -0.2) is 18.9 Å². The first kappa shape index (κ1) is 13.6. The summed E-state index contributed by atoms with van der Waals surface area (Å²) in [5, 5.41) is 0. The van der Waals surface area contributed by atoms with Gasteiger partial charge in [0, 0.05) is 6.42 Å². The van der Waals surface area contributed by atoms with Crippen molar-refractivity contribution in [2.45, 2.75) is 52.9 Å².